The number of nitrogens with zero attached hydrogens (tertiary/aromatic N) is 1. The average molecular weight is 265 g/mol. The Kier molecular flexibility index (Phi) is 3.14. The second kappa shape index (κ2) is 4.78. The maximum absolute atomic E-state index is 13.1. The smallest absolute Gasteiger partial charge is 0.126 e. The van der Waals surface area contributed by atoms with E-state index in [2.05, 4.69) is 16.3 Å². The first-order valence-corrected chi connectivity index (χ1v) is 6.81. The Balaban J connectivity index is 1.74. The number of hydrogen-bond acceptors (Lipinski definition) is 2. The monoisotopic (exact) mass is 265 g/mol. The van der Waals surface area contributed by atoms with Gasteiger partial charge in [-0.05, 0) is 41.1 Å². The van der Waals surface area contributed by atoms with Crippen LogP contribution < -0.4 is 0 Å². The van der Waals surface area contributed by atoms with Gasteiger partial charge in [0.25, 0.3) is 0 Å². The van der Waals surface area contributed by atoms with Crippen molar-refractivity contribution in [2.24, 2.45) is 0 Å². The van der Waals surface area contributed by atoms with Gasteiger partial charge in [0, 0.05) is 30.6 Å². The second-order valence-corrected chi connectivity index (χ2v) is 5.61. The Morgan fingerprint density at radius 3 is 2.72 bits per heavy atom. The van der Waals surface area contributed by atoms with Crippen molar-refractivity contribution in [1.29, 1.82) is 0 Å². The molecule has 18 heavy (non-hydrogen) atoms. The van der Waals surface area contributed by atoms with Gasteiger partial charge in [-0.2, -0.15) is 0 Å². The first kappa shape index (κ1) is 11.8. The zero-order chi connectivity index (χ0) is 12.5. The maximum atomic E-state index is 13.1. The fraction of sp³-hybridized carbons (Fsp3) is 0.286. The lowest BCUT2D eigenvalue weighted by Crippen LogP contribution is -2.29. The van der Waals surface area contributed by atoms with Crippen LogP contribution in [0.2, 0.25) is 0 Å². The molecule has 1 aromatic heterocycles. The van der Waals surface area contributed by atoms with E-state index in [1.165, 1.54) is 22.6 Å². The molecule has 0 unspecified atom stereocenters. The molecule has 4 heteroatoms. The van der Waals surface area contributed by atoms with Crippen molar-refractivity contribution in [3.8, 4) is 0 Å². The van der Waals surface area contributed by atoms with E-state index in [1.54, 1.807) is 11.3 Å². The van der Waals surface area contributed by atoms with Gasteiger partial charge in [-0.25, -0.2) is 8.78 Å². The average Bonchev–Trinajstić information content (AvgIpc) is 2.74. The van der Waals surface area contributed by atoms with Crippen LogP contribution in [-0.2, 0) is 19.5 Å². The van der Waals surface area contributed by atoms with Gasteiger partial charge >= 0.3 is 0 Å². The molecule has 2 heterocycles. The van der Waals surface area contributed by atoms with Crippen LogP contribution in [0.25, 0.3) is 0 Å². The molecular formula is C14H13F2NS. The molecule has 3 rings (SSSR count). The lowest BCUT2D eigenvalue weighted by atomic mass is 10.1. The van der Waals surface area contributed by atoms with E-state index >= 15 is 0 Å². The summed E-state index contributed by atoms with van der Waals surface area (Å²) in [5.74, 6) is -1.00. The quantitative estimate of drug-likeness (QED) is 0.802. The van der Waals surface area contributed by atoms with Crippen LogP contribution in [-0.4, -0.2) is 11.4 Å². The summed E-state index contributed by atoms with van der Waals surface area (Å²) in [5, 5.41) is 2.11. The Morgan fingerprint density at radius 1 is 1.17 bits per heavy atom. The van der Waals surface area contributed by atoms with Gasteiger partial charge in [0.05, 0.1) is 0 Å². The molecule has 0 amide bonds. The fourth-order valence-electron chi connectivity index (χ4n) is 2.40. The Hall–Kier alpha value is -1.26. The third kappa shape index (κ3) is 2.44. The van der Waals surface area contributed by atoms with Crippen molar-refractivity contribution >= 4 is 11.3 Å². The molecule has 0 spiro atoms. The predicted octanol–water partition coefficient (Wildman–Crippen LogP) is 3.58. The van der Waals surface area contributed by atoms with Crippen molar-refractivity contribution in [3.05, 3.63) is 57.3 Å². The molecule has 0 N–H and O–H groups in total. The molecule has 0 saturated carbocycles. The number of halogens is 2. The lowest BCUT2D eigenvalue weighted by molar-refractivity contribution is 0.247. The van der Waals surface area contributed by atoms with Crippen LogP contribution in [0.15, 0.2) is 29.6 Å². The normalized spacial score (nSPS) is 15.7. The Labute approximate surface area is 109 Å². The van der Waals surface area contributed by atoms with Crippen molar-refractivity contribution in [2.75, 3.05) is 6.54 Å². The SMILES string of the molecule is Fc1cc(F)cc(CN2CCc3sccc3C2)c1. The third-order valence-electron chi connectivity index (χ3n) is 3.22. The Bertz CT molecular complexity index is 544. The molecule has 2 aromatic rings. The zero-order valence-corrected chi connectivity index (χ0v) is 10.6. The van der Waals surface area contributed by atoms with Crippen molar-refractivity contribution in [1.82, 2.24) is 4.90 Å². The topological polar surface area (TPSA) is 3.24 Å². The minimum absolute atomic E-state index is 0.502. The summed E-state index contributed by atoms with van der Waals surface area (Å²) in [7, 11) is 0. The standard InChI is InChI=1S/C14H13F2NS/c15-12-5-10(6-13(16)7-12)8-17-3-1-14-11(9-17)2-4-18-14/h2,4-7H,1,3,8-9H2. The molecule has 1 aromatic carbocycles. The van der Waals surface area contributed by atoms with Gasteiger partial charge in [0.2, 0.25) is 0 Å². The largest absolute Gasteiger partial charge is 0.294 e. The number of fused-ring (bicyclic) bond motifs is 1. The molecule has 0 fully saturated rings. The lowest BCUT2D eigenvalue weighted by Gasteiger charge is -2.26. The van der Waals surface area contributed by atoms with Gasteiger partial charge in [-0.1, -0.05) is 0 Å². The van der Waals surface area contributed by atoms with Crippen molar-refractivity contribution in [3.63, 3.8) is 0 Å². The van der Waals surface area contributed by atoms with E-state index in [9.17, 15) is 8.78 Å². The number of hydrogen-bond donors (Lipinski definition) is 0. The third-order valence-corrected chi connectivity index (χ3v) is 4.24. The van der Waals surface area contributed by atoms with Gasteiger partial charge in [-0.15, -0.1) is 11.3 Å². The molecule has 0 aliphatic carbocycles. The first-order valence-electron chi connectivity index (χ1n) is 5.93. The minimum atomic E-state index is -0.502. The summed E-state index contributed by atoms with van der Waals surface area (Å²) in [6.45, 7) is 2.42. The summed E-state index contributed by atoms with van der Waals surface area (Å²) >= 11 is 1.79. The van der Waals surface area contributed by atoms with Gasteiger partial charge in [-0.3, -0.25) is 4.90 Å². The zero-order valence-electron chi connectivity index (χ0n) is 9.83. The summed E-state index contributed by atoms with van der Waals surface area (Å²) in [5.41, 5.74) is 2.05. The molecule has 94 valence electrons. The molecular weight excluding hydrogens is 252 g/mol. The molecule has 0 bridgehead atoms. The van der Waals surface area contributed by atoms with Gasteiger partial charge in [0.15, 0.2) is 0 Å². The second-order valence-electron chi connectivity index (χ2n) is 4.61. The van der Waals surface area contributed by atoms with E-state index in [0.29, 0.717) is 12.1 Å². The number of benzene rings is 1. The highest BCUT2D eigenvalue weighted by atomic mass is 32.1. The van der Waals surface area contributed by atoms with Crippen LogP contribution in [0.4, 0.5) is 8.78 Å². The number of thiophene rings is 1. The summed E-state index contributed by atoms with van der Waals surface area (Å²) in [6, 6.07) is 5.87. The van der Waals surface area contributed by atoms with Crippen molar-refractivity contribution < 1.29 is 8.78 Å². The molecule has 1 aliphatic heterocycles. The van der Waals surface area contributed by atoms with E-state index in [0.717, 1.165) is 25.6 Å². The van der Waals surface area contributed by atoms with Crippen LogP contribution in [0.3, 0.4) is 0 Å². The van der Waals surface area contributed by atoms with E-state index in [1.807, 2.05) is 0 Å². The van der Waals surface area contributed by atoms with Crippen LogP contribution in [0.5, 0.6) is 0 Å². The predicted molar refractivity (Wildman–Crippen MR) is 68.5 cm³/mol. The summed E-state index contributed by atoms with van der Waals surface area (Å²) in [6.07, 6.45) is 1.03. The summed E-state index contributed by atoms with van der Waals surface area (Å²) in [4.78, 5) is 3.67. The Morgan fingerprint density at radius 2 is 1.94 bits per heavy atom. The molecule has 0 atom stereocenters. The fourth-order valence-corrected chi connectivity index (χ4v) is 3.29. The summed E-state index contributed by atoms with van der Waals surface area (Å²) < 4.78 is 26.2. The highest BCUT2D eigenvalue weighted by Crippen LogP contribution is 2.25. The highest BCUT2D eigenvalue weighted by molar-refractivity contribution is 7.10. The minimum Gasteiger partial charge on any atom is -0.294 e. The molecule has 1 aliphatic rings. The van der Waals surface area contributed by atoms with Crippen molar-refractivity contribution in [2.45, 2.75) is 19.5 Å². The van der Waals surface area contributed by atoms with E-state index in [-0.39, 0.29) is 0 Å². The van der Waals surface area contributed by atoms with Crippen LogP contribution in [0, 0.1) is 11.6 Å². The van der Waals surface area contributed by atoms with Crippen LogP contribution in [0.1, 0.15) is 16.0 Å². The maximum Gasteiger partial charge on any atom is 0.126 e. The van der Waals surface area contributed by atoms with Crippen LogP contribution >= 0.6 is 11.3 Å². The highest BCUT2D eigenvalue weighted by Gasteiger charge is 2.17. The molecule has 0 saturated heterocycles. The van der Waals surface area contributed by atoms with Gasteiger partial charge < -0.3 is 0 Å². The van der Waals surface area contributed by atoms with E-state index in [4.69, 9.17) is 0 Å². The number of rotatable bonds is 2. The van der Waals surface area contributed by atoms with E-state index < -0.39 is 11.6 Å². The van der Waals surface area contributed by atoms with Gasteiger partial charge in [0.1, 0.15) is 11.6 Å². The molecule has 1 nitrogen and oxygen atoms in total. The first-order chi connectivity index (χ1) is 8.70. The molecule has 0 radical (unpaired) electrons.